The van der Waals surface area contributed by atoms with E-state index in [9.17, 15) is 4.79 Å². The van der Waals surface area contributed by atoms with Crippen molar-refractivity contribution in [2.45, 2.75) is 71.9 Å². The number of hydrogen-bond acceptors (Lipinski definition) is 2. The zero-order chi connectivity index (χ0) is 13.7. The largest absolute Gasteiger partial charge is 0.352 e. The van der Waals surface area contributed by atoms with Gasteiger partial charge in [0.05, 0.1) is 6.04 Å². The molecular formula is C15H30N2O. The summed E-state index contributed by atoms with van der Waals surface area (Å²) in [7, 11) is 0. The molecule has 3 heteroatoms. The molecule has 18 heavy (non-hydrogen) atoms. The zero-order valence-corrected chi connectivity index (χ0v) is 12.4. The molecule has 1 aliphatic rings. The van der Waals surface area contributed by atoms with Crippen molar-refractivity contribution >= 4 is 5.91 Å². The van der Waals surface area contributed by atoms with Crippen molar-refractivity contribution in [2.24, 2.45) is 23.5 Å². The number of carbonyl (C=O) groups excluding carboxylic acids is 1. The summed E-state index contributed by atoms with van der Waals surface area (Å²) < 4.78 is 0. The number of hydrogen-bond donors (Lipinski definition) is 2. The second-order valence-electron chi connectivity index (χ2n) is 6.22. The van der Waals surface area contributed by atoms with E-state index in [1.54, 1.807) is 0 Å². The first-order valence-corrected chi connectivity index (χ1v) is 7.53. The van der Waals surface area contributed by atoms with Crippen molar-refractivity contribution in [1.29, 1.82) is 0 Å². The van der Waals surface area contributed by atoms with Gasteiger partial charge in [-0.05, 0) is 30.6 Å². The fourth-order valence-corrected chi connectivity index (χ4v) is 2.93. The first-order valence-electron chi connectivity index (χ1n) is 7.53. The maximum absolute atomic E-state index is 12.1. The van der Waals surface area contributed by atoms with E-state index in [0.717, 1.165) is 12.8 Å². The van der Waals surface area contributed by atoms with E-state index in [1.807, 2.05) is 6.92 Å². The van der Waals surface area contributed by atoms with Gasteiger partial charge in [0.15, 0.2) is 0 Å². The fraction of sp³-hybridized carbons (Fsp3) is 0.933. The lowest BCUT2D eigenvalue weighted by atomic mass is 9.77. The molecule has 0 aliphatic heterocycles. The van der Waals surface area contributed by atoms with Crippen LogP contribution >= 0.6 is 0 Å². The van der Waals surface area contributed by atoms with Crippen LogP contribution in [0, 0.1) is 17.8 Å². The van der Waals surface area contributed by atoms with Gasteiger partial charge in [-0.1, -0.05) is 47.0 Å². The molecule has 1 rings (SSSR count). The molecule has 2 unspecified atom stereocenters. The number of rotatable bonds is 5. The van der Waals surface area contributed by atoms with Crippen molar-refractivity contribution < 1.29 is 4.79 Å². The van der Waals surface area contributed by atoms with Gasteiger partial charge in [0.25, 0.3) is 0 Å². The highest BCUT2D eigenvalue weighted by molar-refractivity contribution is 5.82. The van der Waals surface area contributed by atoms with Gasteiger partial charge in [0.1, 0.15) is 0 Å². The lowest BCUT2D eigenvalue weighted by Crippen LogP contribution is -2.51. The number of carbonyl (C=O) groups is 1. The number of amides is 1. The van der Waals surface area contributed by atoms with Gasteiger partial charge in [0.2, 0.25) is 5.91 Å². The highest BCUT2D eigenvalue weighted by Crippen LogP contribution is 2.30. The Morgan fingerprint density at radius 3 is 2.44 bits per heavy atom. The monoisotopic (exact) mass is 254 g/mol. The molecule has 1 fully saturated rings. The van der Waals surface area contributed by atoms with Crippen LogP contribution in [0.3, 0.4) is 0 Å². The Balaban J connectivity index is 2.56. The predicted octanol–water partition coefficient (Wildman–Crippen LogP) is 2.69. The van der Waals surface area contributed by atoms with Gasteiger partial charge in [0, 0.05) is 6.04 Å². The summed E-state index contributed by atoms with van der Waals surface area (Å²) in [4.78, 5) is 12.1. The highest BCUT2D eigenvalue weighted by Gasteiger charge is 2.30. The Morgan fingerprint density at radius 1 is 1.28 bits per heavy atom. The van der Waals surface area contributed by atoms with Crippen LogP contribution in [0.2, 0.25) is 0 Å². The lowest BCUT2D eigenvalue weighted by molar-refractivity contribution is -0.124. The molecule has 0 aromatic rings. The van der Waals surface area contributed by atoms with Gasteiger partial charge in [-0.25, -0.2) is 0 Å². The molecule has 0 aromatic carbocycles. The van der Waals surface area contributed by atoms with E-state index >= 15 is 0 Å². The first-order chi connectivity index (χ1) is 8.47. The van der Waals surface area contributed by atoms with E-state index in [4.69, 9.17) is 5.73 Å². The number of nitrogens with two attached hydrogens (primary N) is 1. The lowest BCUT2D eigenvalue weighted by Gasteiger charge is -2.35. The average Bonchev–Trinajstić information content (AvgIpc) is 2.37. The maximum atomic E-state index is 12.1. The normalized spacial score (nSPS) is 27.9. The molecule has 0 aromatic heterocycles. The van der Waals surface area contributed by atoms with Crippen LogP contribution in [0.4, 0.5) is 0 Å². The molecule has 0 saturated heterocycles. The van der Waals surface area contributed by atoms with Gasteiger partial charge in [-0.15, -0.1) is 0 Å². The Labute approximate surface area is 112 Å². The quantitative estimate of drug-likeness (QED) is 0.792. The fourth-order valence-electron chi connectivity index (χ4n) is 2.93. The van der Waals surface area contributed by atoms with Crippen LogP contribution in [0.5, 0.6) is 0 Å². The molecule has 1 aliphatic carbocycles. The third-order valence-corrected chi connectivity index (χ3v) is 4.56. The van der Waals surface area contributed by atoms with E-state index in [2.05, 4.69) is 26.1 Å². The SMILES string of the molecule is CC[C@H](C)[C@H](N)C(=O)NC1CCCCC1C(C)C. The third kappa shape index (κ3) is 3.98. The van der Waals surface area contributed by atoms with Crippen LogP contribution < -0.4 is 11.1 Å². The molecule has 3 nitrogen and oxygen atoms in total. The molecule has 1 saturated carbocycles. The van der Waals surface area contributed by atoms with Crippen molar-refractivity contribution in [2.75, 3.05) is 0 Å². The molecule has 0 radical (unpaired) electrons. The standard InChI is InChI=1S/C15H30N2O/c1-5-11(4)14(16)15(18)17-13-9-7-6-8-12(13)10(2)3/h10-14H,5-9,16H2,1-4H3,(H,17,18)/t11-,12?,13?,14-/m0/s1. The van der Waals surface area contributed by atoms with Crippen molar-refractivity contribution in [1.82, 2.24) is 5.32 Å². The highest BCUT2D eigenvalue weighted by atomic mass is 16.2. The predicted molar refractivity (Wildman–Crippen MR) is 76.2 cm³/mol. The van der Waals surface area contributed by atoms with Crippen LogP contribution in [-0.2, 0) is 4.79 Å². The van der Waals surface area contributed by atoms with Crippen molar-refractivity contribution in [3.05, 3.63) is 0 Å². The molecule has 0 spiro atoms. The second-order valence-corrected chi connectivity index (χ2v) is 6.22. The zero-order valence-electron chi connectivity index (χ0n) is 12.4. The summed E-state index contributed by atoms with van der Waals surface area (Å²) in [5.74, 6) is 1.55. The molecular weight excluding hydrogens is 224 g/mol. The van der Waals surface area contributed by atoms with Gasteiger partial charge >= 0.3 is 0 Å². The van der Waals surface area contributed by atoms with E-state index in [0.29, 0.717) is 17.9 Å². The number of nitrogens with one attached hydrogen (secondary N) is 1. The summed E-state index contributed by atoms with van der Waals surface area (Å²) in [6.07, 6.45) is 5.83. The minimum absolute atomic E-state index is 0.0434. The molecule has 1 amide bonds. The summed E-state index contributed by atoms with van der Waals surface area (Å²) in [5, 5.41) is 3.20. The van der Waals surface area contributed by atoms with Gasteiger partial charge < -0.3 is 11.1 Å². The van der Waals surface area contributed by atoms with Crippen LogP contribution in [0.15, 0.2) is 0 Å². The average molecular weight is 254 g/mol. The maximum Gasteiger partial charge on any atom is 0.237 e. The summed E-state index contributed by atoms with van der Waals surface area (Å²) in [6.45, 7) is 8.63. The van der Waals surface area contributed by atoms with Crippen LogP contribution in [-0.4, -0.2) is 18.0 Å². The molecule has 4 atom stereocenters. The minimum atomic E-state index is -0.357. The smallest absolute Gasteiger partial charge is 0.237 e. The topological polar surface area (TPSA) is 55.1 Å². The van der Waals surface area contributed by atoms with Crippen molar-refractivity contribution in [3.63, 3.8) is 0 Å². The molecule has 3 N–H and O–H groups in total. The van der Waals surface area contributed by atoms with Gasteiger partial charge in [-0.2, -0.15) is 0 Å². The van der Waals surface area contributed by atoms with Crippen molar-refractivity contribution in [3.8, 4) is 0 Å². The Kier molecular flexibility index (Phi) is 6.13. The Hall–Kier alpha value is -0.570. The van der Waals surface area contributed by atoms with Crippen LogP contribution in [0.1, 0.15) is 59.8 Å². The second kappa shape index (κ2) is 7.13. The van der Waals surface area contributed by atoms with Gasteiger partial charge in [-0.3, -0.25) is 4.79 Å². The summed E-state index contributed by atoms with van der Waals surface area (Å²) in [5.41, 5.74) is 6.00. The minimum Gasteiger partial charge on any atom is -0.352 e. The molecule has 106 valence electrons. The summed E-state index contributed by atoms with van der Waals surface area (Å²) in [6, 6.07) is -0.0221. The molecule has 0 bridgehead atoms. The van der Waals surface area contributed by atoms with E-state index in [1.165, 1.54) is 19.3 Å². The van der Waals surface area contributed by atoms with E-state index < -0.39 is 0 Å². The Bertz CT molecular complexity index is 265. The van der Waals surface area contributed by atoms with Crippen LogP contribution in [0.25, 0.3) is 0 Å². The third-order valence-electron chi connectivity index (χ3n) is 4.56. The first kappa shape index (κ1) is 15.5. The Morgan fingerprint density at radius 2 is 1.89 bits per heavy atom. The van der Waals surface area contributed by atoms with E-state index in [-0.39, 0.29) is 17.9 Å². The summed E-state index contributed by atoms with van der Waals surface area (Å²) >= 11 is 0. The molecule has 0 heterocycles.